The number of carbonyl (C=O) groups excluding carboxylic acids is 6. The Morgan fingerprint density at radius 1 is 0.817 bits per heavy atom. The smallest absolute Gasteiger partial charge is 0.354 e. The lowest BCUT2D eigenvalue weighted by Gasteiger charge is -2.36. The minimum absolute atomic E-state index is 0.00749. The number of benzene rings is 4. The molecule has 1 fully saturated rings. The van der Waals surface area contributed by atoms with Crippen LogP contribution >= 0.6 is 11.3 Å². The zero-order chi connectivity index (χ0) is 51.0. The Morgan fingerprint density at radius 2 is 1.35 bits per heavy atom. The first-order valence-electron chi connectivity index (χ1n) is 22.2. The Kier molecular flexibility index (Phi) is 13.2. The topological polar surface area (TPSA) is 270 Å². The van der Waals surface area contributed by atoms with Crippen LogP contribution in [0.3, 0.4) is 0 Å². The van der Waals surface area contributed by atoms with Crippen molar-refractivity contribution in [3.8, 4) is 11.5 Å². The van der Waals surface area contributed by atoms with Crippen molar-refractivity contribution in [2.45, 2.75) is 57.4 Å². The SMILES string of the molecule is CC(C)(C)OC(=O)C(C)(C)ON=C(C(=O)NC1CN2CC(C(=O)NCCN3C(=O)c4cc(O)c(O)cc4C3=O)=C(C(=O)O)N2C1=O)c1csc(NC(c2ccccc2)(c2ccccc2)c2ccccc2)n1. The van der Waals surface area contributed by atoms with Gasteiger partial charge in [-0.3, -0.25) is 28.9 Å². The fraction of sp³-hybridized carbons (Fsp3) is 0.260. The number of phenols is 2. The number of thiazole rings is 1. The molecule has 6 N–H and O–H groups in total. The number of carboxylic acid groups (broad SMARTS) is 1. The van der Waals surface area contributed by atoms with E-state index in [9.17, 15) is 48.9 Å². The molecule has 1 aromatic heterocycles. The van der Waals surface area contributed by atoms with Crippen LogP contribution in [-0.2, 0) is 39.1 Å². The van der Waals surface area contributed by atoms with Gasteiger partial charge in [-0.25, -0.2) is 24.6 Å². The van der Waals surface area contributed by atoms with Crippen LogP contribution in [0.4, 0.5) is 5.13 Å². The molecule has 1 saturated heterocycles. The van der Waals surface area contributed by atoms with Crippen LogP contribution in [0.15, 0.2) is 125 Å². The Hall–Kier alpha value is -8.43. The molecule has 0 saturated carbocycles. The third-order valence-electron chi connectivity index (χ3n) is 11.6. The van der Waals surface area contributed by atoms with Gasteiger partial charge in [0, 0.05) is 25.0 Å². The monoisotopic (exact) mass is 984 g/mol. The third kappa shape index (κ3) is 9.64. The van der Waals surface area contributed by atoms with Crippen LogP contribution in [0, 0.1) is 0 Å². The number of aromatic hydroxyl groups is 2. The summed E-state index contributed by atoms with van der Waals surface area (Å²) in [6.45, 7) is 6.51. The molecular formula is C50H48N8O12S. The molecule has 1 atom stereocenters. The number of amides is 5. The summed E-state index contributed by atoms with van der Waals surface area (Å²) in [7, 11) is 0. The van der Waals surface area contributed by atoms with Crippen LogP contribution in [-0.4, -0.2) is 126 Å². The number of hydrogen-bond donors (Lipinski definition) is 6. The Labute approximate surface area is 410 Å². The highest BCUT2D eigenvalue weighted by atomic mass is 32.1. The normalized spacial score (nSPS) is 16.2. The lowest BCUT2D eigenvalue weighted by Crippen LogP contribution is -2.46. The van der Waals surface area contributed by atoms with E-state index in [4.69, 9.17) is 14.6 Å². The largest absolute Gasteiger partial charge is 0.504 e. The first-order valence-corrected chi connectivity index (χ1v) is 23.0. The fourth-order valence-electron chi connectivity index (χ4n) is 8.25. The van der Waals surface area contributed by atoms with Gasteiger partial charge in [0.1, 0.15) is 22.9 Å². The molecular weight excluding hydrogens is 937 g/mol. The van der Waals surface area contributed by atoms with E-state index in [0.717, 1.165) is 50.1 Å². The molecule has 1 unspecified atom stereocenters. The van der Waals surface area contributed by atoms with Crippen LogP contribution in [0.1, 0.15) is 77.7 Å². The molecule has 4 heterocycles. The number of anilines is 1. The Balaban J connectivity index is 1.04. The van der Waals surface area contributed by atoms with Crippen molar-refractivity contribution in [1.29, 1.82) is 0 Å². The van der Waals surface area contributed by atoms with Gasteiger partial charge < -0.3 is 40.8 Å². The van der Waals surface area contributed by atoms with Gasteiger partial charge >= 0.3 is 11.9 Å². The van der Waals surface area contributed by atoms with Gasteiger partial charge in [-0.05, 0) is 63.4 Å². The number of carbonyl (C=O) groups is 7. The number of aliphatic carboxylic acids is 1. The van der Waals surface area contributed by atoms with Crippen LogP contribution < -0.4 is 16.0 Å². The minimum Gasteiger partial charge on any atom is -0.504 e. The van der Waals surface area contributed by atoms with E-state index in [1.54, 1.807) is 26.2 Å². The highest BCUT2D eigenvalue weighted by Crippen LogP contribution is 2.41. The lowest BCUT2D eigenvalue weighted by atomic mass is 9.77. The van der Waals surface area contributed by atoms with Gasteiger partial charge in [-0.2, -0.15) is 0 Å². The van der Waals surface area contributed by atoms with Gasteiger partial charge in [-0.1, -0.05) is 96.2 Å². The molecule has 0 bridgehead atoms. The summed E-state index contributed by atoms with van der Waals surface area (Å²) in [5, 5.41) is 46.8. The van der Waals surface area contributed by atoms with Crippen molar-refractivity contribution in [3.05, 3.63) is 153 Å². The number of nitrogens with zero attached hydrogens (tertiary/aromatic N) is 5. The molecule has 4 aromatic carbocycles. The molecule has 0 radical (unpaired) electrons. The number of oxime groups is 1. The predicted octanol–water partition coefficient (Wildman–Crippen LogP) is 4.11. The number of fused-ring (bicyclic) bond motifs is 2. The van der Waals surface area contributed by atoms with Gasteiger partial charge in [0.05, 0.1) is 23.2 Å². The van der Waals surface area contributed by atoms with Gasteiger partial charge in [0.15, 0.2) is 28.0 Å². The number of hydrazine groups is 1. The zero-order valence-electron chi connectivity index (χ0n) is 39.0. The number of rotatable bonds is 16. The molecule has 3 aliphatic heterocycles. The van der Waals surface area contributed by atoms with E-state index < -0.39 is 87.2 Å². The highest BCUT2D eigenvalue weighted by molar-refractivity contribution is 7.14. The Morgan fingerprint density at radius 3 is 1.86 bits per heavy atom. The van der Waals surface area contributed by atoms with E-state index in [1.807, 2.05) is 91.0 Å². The number of ether oxygens (including phenoxy) is 1. The molecule has 0 aliphatic carbocycles. The summed E-state index contributed by atoms with van der Waals surface area (Å²) < 4.78 is 5.54. The first-order chi connectivity index (χ1) is 33.7. The molecule has 20 nitrogen and oxygen atoms in total. The summed E-state index contributed by atoms with van der Waals surface area (Å²) in [4.78, 5) is 105. The average molecular weight is 985 g/mol. The molecule has 5 aromatic rings. The second-order valence-corrected chi connectivity index (χ2v) is 19.0. The van der Waals surface area contributed by atoms with Crippen molar-refractivity contribution in [1.82, 2.24) is 30.5 Å². The van der Waals surface area contributed by atoms with E-state index in [-0.39, 0.29) is 48.6 Å². The second kappa shape index (κ2) is 19.2. The summed E-state index contributed by atoms with van der Waals surface area (Å²) in [5.74, 6) is -7.94. The van der Waals surface area contributed by atoms with Crippen molar-refractivity contribution >= 4 is 63.7 Å². The maximum atomic E-state index is 14.5. The summed E-state index contributed by atoms with van der Waals surface area (Å²) in [6, 6.07) is 29.7. The third-order valence-corrected chi connectivity index (χ3v) is 12.4. The van der Waals surface area contributed by atoms with Crippen LogP contribution in [0.2, 0.25) is 0 Å². The number of esters is 1. The molecule has 0 spiro atoms. The van der Waals surface area contributed by atoms with Gasteiger partial charge in [0.2, 0.25) is 5.60 Å². The summed E-state index contributed by atoms with van der Waals surface area (Å²) >= 11 is 1.15. The molecule has 366 valence electrons. The summed E-state index contributed by atoms with van der Waals surface area (Å²) in [5.41, 5.74) is -2.73. The maximum absolute atomic E-state index is 14.5. The van der Waals surface area contributed by atoms with E-state index in [1.165, 1.54) is 18.9 Å². The summed E-state index contributed by atoms with van der Waals surface area (Å²) in [6.07, 6.45) is 0. The first kappa shape index (κ1) is 49.0. The van der Waals surface area contributed by atoms with E-state index in [0.29, 0.717) is 5.13 Å². The average Bonchev–Trinajstić information content (AvgIpc) is 4.09. The lowest BCUT2D eigenvalue weighted by molar-refractivity contribution is -0.179. The fourth-order valence-corrected chi connectivity index (χ4v) is 9.00. The van der Waals surface area contributed by atoms with Crippen molar-refractivity contribution < 1.29 is 58.5 Å². The molecule has 5 amide bonds. The van der Waals surface area contributed by atoms with E-state index in [2.05, 4.69) is 21.1 Å². The van der Waals surface area contributed by atoms with Crippen LogP contribution in [0.5, 0.6) is 11.5 Å². The van der Waals surface area contributed by atoms with Crippen molar-refractivity contribution in [3.63, 3.8) is 0 Å². The number of carboxylic acids is 1. The number of imide groups is 1. The van der Waals surface area contributed by atoms with E-state index >= 15 is 0 Å². The van der Waals surface area contributed by atoms with Gasteiger partial charge in [0.25, 0.3) is 29.5 Å². The number of nitrogens with one attached hydrogen (secondary N) is 3. The predicted molar refractivity (Wildman–Crippen MR) is 256 cm³/mol. The van der Waals surface area contributed by atoms with Crippen LogP contribution in [0.25, 0.3) is 0 Å². The minimum atomic E-state index is -1.73. The molecule has 21 heteroatoms. The van der Waals surface area contributed by atoms with Crippen molar-refractivity contribution in [2.24, 2.45) is 5.16 Å². The highest BCUT2D eigenvalue weighted by Gasteiger charge is 2.50. The molecule has 71 heavy (non-hydrogen) atoms. The zero-order valence-corrected chi connectivity index (χ0v) is 39.8. The number of phenolic OH excluding ortho intramolecular Hbond substituents is 2. The molecule has 8 rings (SSSR count). The van der Waals surface area contributed by atoms with Gasteiger partial charge in [-0.15, -0.1) is 11.3 Å². The number of aromatic nitrogens is 1. The quantitative estimate of drug-likeness (QED) is 0.0203. The maximum Gasteiger partial charge on any atom is 0.354 e. The molecule has 3 aliphatic rings. The Bertz CT molecular complexity index is 2890. The second-order valence-electron chi connectivity index (χ2n) is 18.1. The van der Waals surface area contributed by atoms with Crippen molar-refractivity contribution in [2.75, 3.05) is 31.5 Å². The number of hydrogen-bond acceptors (Lipinski definition) is 16. The standard InChI is InChI=1S/C50H48N8O12S/c1-48(2,3)69-46(68)49(4,5)70-55-38(35-27-71-47(53-35)54-50(28-15-9-6-10-16-28,29-17-11-7-12-18-29)30-19-13-8-14-20-30)41(62)52-34-26-56-25-33(39(45(66)67)58(56)44(34)65)40(61)51-21-22-57-42(63)31-23-36(59)37(60)24-32(31)43(57)64/h6-20,23-24,27,34,59-60H,21-22,25-26H2,1-5H3,(H,51,61)(H,52,62)(H,53,54)(H,66,67).